The molecule has 1 unspecified atom stereocenters. The highest BCUT2D eigenvalue weighted by Crippen LogP contribution is 2.18. The van der Waals surface area contributed by atoms with Crippen LogP contribution in [0.2, 0.25) is 0 Å². The van der Waals surface area contributed by atoms with Gasteiger partial charge < -0.3 is 9.67 Å². The van der Waals surface area contributed by atoms with E-state index >= 15 is 0 Å². The zero-order valence-electron chi connectivity index (χ0n) is 10.5. The van der Waals surface area contributed by atoms with E-state index in [2.05, 4.69) is 18.8 Å². The number of para-hydroxylation sites is 2. The molecular formula is C14H20N2O. The lowest BCUT2D eigenvalue weighted by atomic mass is 9.96. The Morgan fingerprint density at radius 2 is 1.94 bits per heavy atom. The minimum atomic E-state index is -0.289. The summed E-state index contributed by atoms with van der Waals surface area (Å²) in [7, 11) is 0. The van der Waals surface area contributed by atoms with E-state index in [1.54, 1.807) is 0 Å². The first-order valence-electron chi connectivity index (χ1n) is 6.34. The monoisotopic (exact) mass is 232 g/mol. The molecule has 3 nitrogen and oxygen atoms in total. The van der Waals surface area contributed by atoms with E-state index in [0.29, 0.717) is 12.5 Å². The number of aromatic nitrogens is 2. The van der Waals surface area contributed by atoms with Gasteiger partial charge in [0.15, 0.2) is 0 Å². The largest absolute Gasteiger partial charge is 0.391 e. The zero-order valence-corrected chi connectivity index (χ0v) is 10.5. The van der Waals surface area contributed by atoms with Gasteiger partial charge in [-0.25, -0.2) is 4.98 Å². The van der Waals surface area contributed by atoms with Crippen molar-refractivity contribution in [1.29, 1.82) is 0 Å². The normalized spacial score (nSPS) is 13.4. The van der Waals surface area contributed by atoms with E-state index in [0.717, 1.165) is 23.9 Å². The summed E-state index contributed by atoms with van der Waals surface area (Å²) in [6, 6.07) is 8.03. The first-order chi connectivity index (χ1) is 8.26. The van der Waals surface area contributed by atoms with Crippen LogP contribution in [0.5, 0.6) is 0 Å². The van der Waals surface area contributed by atoms with Crippen LogP contribution in [0, 0.1) is 5.92 Å². The van der Waals surface area contributed by atoms with Crippen LogP contribution in [0.25, 0.3) is 11.0 Å². The summed E-state index contributed by atoms with van der Waals surface area (Å²) in [4.78, 5) is 4.33. The average Bonchev–Trinajstić information content (AvgIpc) is 2.74. The van der Waals surface area contributed by atoms with Crippen LogP contribution in [0.4, 0.5) is 0 Å². The lowest BCUT2D eigenvalue weighted by Gasteiger charge is -2.20. The molecule has 0 aliphatic carbocycles. The number of hydrogen-bond acceptors (Lipinski definition) is 2. The second-order valence-electron chi connectivity index (χ2n) is 4.53. The molecule has 0 bridgehead atoms. The Labute approximate surface area is 102 Å². The fourth-order valence-electron chi connectivity index (χ4n) is 2.34. The van der Waals surface area contributed by atoms with E-state index in [9.17, 15) is 5.11 Å². The predicted molar refractivity (Wildman–Crippen MR) is 69.8 cm³/mol. The van der Waals surface area contributed by atoms with Crippen LogP contribution in [0.1, 0.15) is 26.7 Å². The van der Waals surface area contributed by atoms with E-state index < -0.39 is 0 Å². The minimum absolute atomic E-state index is 0.289. The number of aliphatic hydroxyl groups is 1. The van der Waals surface area contributed by atoms with Gasteiger partial charge >= 0.3 is 0 Å². The number of hydrogen-bond donors (Lipinski definition) is 1. The first-order valence-corrected chi connectivity index (χ1v) is 6.34. The highest BCUT2D eigenvalue weighted by molar-refractivity contribution is 5.74. The molecule has 1 heterocycles. The Hall–Kier alpha value is -1.35. The molecule has 0 spiro atoms. The van der Waals surface area contributed by atoms with Crippen molar-refractivity contribution in [3.8, 4) is 0 Å². The molecule has 0 saturated carbocycles. The van der Waals surface area contributed by atoms with Crippen LogP contribution in [-0.4, -0.2) is 20.8 Å². The van der Waals surface area contributed by atoms with Gasteiger partial charge in [0, 0.05) is 0 Å². The van der Waals surface area contributed by atoms with Crippen LogP contribution in [0.3, 0.4) is 0 Å². The molecule has 0 amide bonds. The van der Waals surface area contributed by atoms with Gasteiger partial charge in [-0.2, -0.15) is 0 Å². The Morgan fingerprint density at radius 1 is 1.24 bits per heavy atom. The molecule has 2 rings (SSSR count). The van der Waals surface area contributed by atoms with Crippen LogP contribution in [0.15, 0.2) is 30.6 Å². The molecule has 3 heteroatoms. The maximum atomic E-state index is 10.2. The molecule has 2 aromatic rings. The van der Waals surface area contributed by atoms with Gasteiger partial charge in [-0.3, -0.25) is 0 Å². The van der Waals surface area contributed by atoms with E-state index in [1.165, 1.54) is 0 Å². The van der Waals surface area contributed by atoms with Gasteiger partial charge in [0.1, 0.15) is 0 Å². The van der Waals surface area contributed by atoms with Crippen molar-refractivity contribution in [2.45, 2.75) is 39.3 Å². The van der Waals surface area contributed by atoms with Gasteiger partial charge in [-0.05, 0) is 18.1 Å². The maximum Gasteiger partial charge on any atom is 0.0959 e. The van der Waals surface area contributed by atoms with Crippen molar-refractivity contribution in [2.24, 2.45) is 5.92 Å². The fourth-order valence-corrected chi connectivity index (χ4v) is 2.34. The van der Waals surface area contributed by atoms with Crippen LogP contribution < -0.4 is 0 Å². The van der Waals surface area contributed by atoms with Crippen molar-refractivity contribution in [3.05, 3.63) is 30.6 Å². The van der Waals surface area contributed by atoms with Crippen molar-refractivity contribution >= 4 is 11.0 Å². The molecule has 0 radical (unpaired) electrons. The Balaban J connectivity index is 2.18. The third-order valence-electron chi connectivity index (χ3n) is 3.50. The van der Waals surface area contributed by atoms with Gasteiger partial charge in [-0.1, -0.05) is 38.8 Å². The SMILES string of the molecule is CCC(CC)C(O)Cn1cnc2ccccc21. The number of rotatable bonds is 5. The molecule has 17 heavy (non-hydrogen) atoms. The third-order valence-corrected chi connectivity index (χ3v) is 3.50. The predicted octanol–water partition coefficient (Wildman–Crippen LogP) is 2.83. The Bertz CT molecular complexity index is 474. The van der Waals surface area contributed by atoms with Crippen LogP contribution in [-0.2, 0) is 6.54 Å². The molecule has 0 saturated heterocycles. The van der Waals surface area contributed by atoms with Gasteiger partial charge in [0.25, 0.3) is 0 Å². The standard InChI is InChI=1S/C14H20N2O/c1-3-11(4-2)14(17)9-16-10-15-12-7-5-6-8-13(12)16/h5-8,10-11,14,17H,3-4,9H2,1-2H3. The molecular weight excluding hydrogens is 212 g/mol. The summed E-state index contributed by atoms with van der Waals surface area (Å²) in [5.74, 6) is 0.371. The summed E-state index contributed by atoms with van der Waals surface area (Å²) in [5, 5.41) is 10.2. The Kier molecular flexibility index (Phi) is 3.79. The number of benzene rings is 1. The van der Waals surface area contributed by atoms with Crippen molar-refractivity contribution < 1.29 is 5.11 Å². The number of nitrogens with zero attached hydrogens (tertiary/aromatic N) is 2. The third kappa shape index (κ3) is 2.50. The van der Waals surface area contributed by atoms with Gasteiger partial charge in [-0.15, -0.1) is 0 Å². The summed E-state index contributed by atoms with van der Waals surface area (Å²) in [6.07, 6.45) is 3.56. The minimum Gasteiger partial charge on any atom is -0.391 e. The lowest BCUT2D eigenvalue weighted by molar-refractivity contribution is 0.0868. The van der Waals surface area contributed by atoms with Crippen molar-refractivity contribution in [2.75, 3.05) is 0 Å². The van der Waals surface area contributed by atoms with Gasteiger partial charge in [0.05, 0.1) is 30.0 Å². The zero-order chi connectivity index (χ0) is 12.3. The smallest absolute Gasteiger partial charge is 0.0959 e. The molecule has 92 valence electrons. The number of imidazole rings is 1. The number of fused-ring (bicyclic) bond motifs is 1. The molecule has 1 atom stereocenters. The van der Waals surface area contributed by atoms with Crippen molar-refractivity contribution in [3.63, 3.8) is 0 Å². The van der Waals surface area contributed by atoms with Crippen molar-refractivity contribution in [1.82, 2.24) is 9.55 Å². The molecule has 1 aromatic heterocycles. The van der Waals surface area contributed by atoms with E-state index in [-0.39, 0.29) is 6.10 Å². The fraction of sp³-hybridized carbons (Fsp3) is 0.500. The molecule has 0 aliphatic rings. The van der Waals surface area contributed by atoms with E-state index in [4.69, 9.17) is 0 Å². The summed E-state index contributed by atoms with van der Waals surface area (Å²) in [5.41, 5.74) is 2.08. The van der Waals surface area contributed by atoms with E-state index in [1.807, 2.05) is 35.2 Å². The Morgan fingerprint density at radius 3 is 2.65 bits per heavy atom. The quantitative estimate of drug-likeness (QED) is 0.860. The van der Waals surface area contributed by atoms with Gasteiger partial charge in [0.2, 0.25) is 0 Å². The lowest BCUT2D eigenvalue weighted by Crippen LogP contribution is -2.24. The summed E-state index contributed by atoms with van der Waals surface area (Å²) in [6.45, 7) is 4.89. The highest BCUT2D eigenvalue weighted by Gasteiger charge is 2.16. The molecule has 1 aromatic carbocycles. The highest BCUT2D eigenvalue weighted by atomic mass is 16.3. The van der Waals surface area contributed by atoms with Crippen LogP contribution >= 0.6 is 0 Å². The topological polar surface area (TPSA) is 38.0 Å². The molecule has 0 aliphatic heterocycles. The maximum absolute atomic E-state index is 10.2. The first kappa shape index (κ1) is 12.1. The molecule has 0 fully saturated rings. The second kappa shape index (κ2) is 5.32. The molecule has 1 N–H and O–H groups in total. The summed E-state index contributed by atoms with van der Waals surface area (Å²) < 4.78 is 2.04. The summed E-state index contributed by atoms with van der Waals surface area (Å²) >= 11 is 0. The number of aliphatic hydroxyl groups excluding tert-OH is 1. The second-order valence-corrected chi connectivity index (χ2v) is 4.53. The average molecular weight is 232 g/mol.